The first-order valence-electron chi connectivity index (χ1n) is 8.30. The molecule has 24 heavy (non-hydrogen) atoms. The first-order valence-corrected chi connectivity index (χ1v) is 8.68. The second-order valence-corrected chi connectivity index (χ2v) is 6.40. The third kappa shape index (κ3) is 3.97. The van der Waals surface area contributed by atoms with E-state index in [4.69, 9.17) is 16.3 Å². The molecule has 1 N–H and O–H groups in total. The maximum Gasteiger partial charge on any atom is 0.218 e. The number of hydrogen-bond donors (Lipinski definition) is 1. The Labute approximate surface area is 147 Å². The van der Waals surface area contributed by atoms with E-state index in [-0.39, 0.29) is 5.92 Å². The normalized spacial score (nSPS) is 16.9. The Morgan fingerprint density at radius 1 is 1.25 bits per heavy atom. The van der Waals surface area contributed by atoms with E-state index >= 15 is 0 Å². The Bertz CT molecular complexity index is 658. The molecule has 1 aliphatic rings. The molecule has 1 unspecified atom stereocenters. The number of ether oxygens (including phenoxy) is 1. The minimum atomic E-state index is -0.450. The van der Waals surface area contributed by atoms with Gasteiger partial charge in [-0.15, -0.1) is 0 Å². The lowest BCUT2D eigenvalue weighted by molar-refractivity contribution is 0.0928. The highest BCUT2D eigenvalue weighted by atomic mass is 35.5. The van der Waals surface area contributed by atoms with Crippen LogP contribution in [0, 0.1) is 5.92 Å². The molecule has 1 aromatic heterocycles. The van der Waals surface area contributed by atoms with Crippen molar-refractivity contribution in [3.63, 3.8) is 0 Å². The fraction of sp³-hybridized carbons (Fsp3) is 0.444. The van der Waals surface area contributed by atoms with Gasteiger partial charge in [0.2, 0.25) is 5.88 Å². The largest absolute Gasteiger partial charge is 0.478 e. The van der Waals surface area contributed by atoms with Gasteiger partial charge in [-0.05, 0) is 43.4 Å². The third-order valence-electron chi connectivity index (χ3n) is 4.44. The van der Waals surface area contributed by atoms with Crippen molar-refractivity contribution in [1.29, 1.82) is 0 Å². The Morgan fingerprint density at radius 2 is 1.96 bits per heavy atom. The standard InChI is InChI=1S/C18H22ClN3O2/c1-2-24-17-11-16(20-12-21-17)22-9-7-14(8-10-22)18(23)13-3-5-15(19)6-4-13/h3-6,11-12,14,18,23H,2,7-10H2,1H3. The van der Waals surface area contributed by atoms with Gasteiger partial charge in [0.25, 0.3) is 0 Å². The zero-order valence-corrected chi connectivity index (χ0v) is 14.5. The van der Waals surface area contributed by atoms with Gasteiger partial charge in [0.05, 0.1) is 12.7 Å². The summed E-state index contributed by atoms with van der Waals surface area (Å²) in [7, 11) is 0. The topological polar surface area (TPSA) is 58.5 Å². The van der Waals surface area contributed by atoms with Gasteiger partial charge in [-0.2, -0.15) is 0 Å². The van der Waals surface area contributed by atoms with Crippen molar-refractivity contribution in [3.05, 3.63) is 47.2 Å². The van der Waals surface area contributed by atoms with Gasteiger partial charge >= 0.3 is 0 Å². The van der Waals surface area contributed by atoms with Gasteiger partial charge < -0.3 is 14.7 Å². The van der Waals surface area contributed by atoms with Crippen LogP contribution in [0.4, 0.5) is 5.82 Å². The van der Waals surface area contributed by atoms with E-state index in [2.05, 4.69) is 14.9 Å². The SMILES string of the molecule is CCOc1cc(N2CCC(C(O)c3ccc(Cl)cc3)CC2)ncn1. The number of anilines is 1. The third-order valence-corrected chi connectivity index (χ3v) is 4.69. The maximum absolute atomic E-state index is 10.6. The van der Waals surface area contributed by atoms with Gasteiger partial charge in [-0.3, -0.25) is 0 Å². The molecule has 128 valence electrons. The number of rotatable bonds is 5. The molecule has 5 nitrogen and oxygen atoms in total. The van der Waals surface area contributed by atoms with Gasteiger partial charge in [-0.1, -0.05) is 23.7 Å². The summed E-state index contributed by atoms with van der Waals surface area (Å²) in [6.45, 7) is 4.24. The summed E-state index contributed by atoms with van der Waals surface area (Å²) in [5.41, 5.74) is 0.929. The van der Waals surface area contributed by atoms with Gasteiger partial charge in [-0.25, -0.2) is 9.97 Å². The molecule has 3 rings (SSSR count). The van der Waals surface area contributed by atoms with E-state index in [9.17, 15) is 5.11 Å². The van der Waals surface area contributed by atoms with Crippen LogP contribution in [0.2, 0.25) is 5.02 Å². The van der Waals surface area contributed by atoms with Crippen molar-refractivity contribution in [1.82, 2.24) is 9.97 Å². The smallest absolute Gasteiger partial charge is 0.218 e. The van der Waals surface area contributed by atoms with E-state index in [1.54, 1.807) is 0 Å². The van der Waals surface area contributed by atoms with Crippen LogP contribution in [0.1, 0.15) is 31.4 Å². The highest BCUT2D eigenvalue weighted by Gasteiger charge is 2.27. The van der Waals surface area contributed by atoms with E-state index in [0.29, 0.717) is 17.5 Å². The van der Waals surface area contributed by atoms with Crippen molar-refractivity contribution in [2.24, 2.45) is 5.92 Å². The summed E-state index contributed by atoms with van der Waals surface area (Å²) >= 11 is 5.91. The molecule has 1 aromatic carbocycles. The molecule has 0 radical (unpaired) electrons. The average Bonchev–Trinajstić information content (AvgIpc) is 2.62. The lowest BCUT2D eigenvalue weighted by atomic mass is 9.87. The van der Waals surface area contributed by atoms with Crippen LogP contribution in [-0.4, -0.2) is 34.8 Å². The van der Waals surface area contributed by atoms with Crippen molar-refractivity contribution < 1.29 is 9.84 Å². The summed E-state index contributed by atoms with van der Waals surface area (Å²) < 4.78 is 5.44. The second kappa shape index (κ2) is 7.81. The molecule has 1 fully saturated rings. The molecule has 0 amide bonds. The lowest BCUT2D eigenvalue weighted by Crippen LogP contribution is -2.36. The highest BCUT2D eigenvalue weighted by molar-refractivity contribution is 6.30. The predicted molar refractivity (Wildman–Crippen MR) is 94.5 cm³/mol. The molecule has 1 saturated heterocycles. The number of piperidine rings is 1. The molecule has 2 aromatic rings. The van der Waals surface area contributed by atoms with Crippen LogP contribution in [0.25, 0.3) is 0 Å². The highest BCUT2D eigenvalue weighted by Crippen LogP contribution is 2.32. The number of nitrogens with zero attached hydrogens (tertiary/aromatic N) is 3. The summed E-state index contributed by atoms with van der Waals surface area (Å²) in [5, 5.41) is 11.3. The van der Waals surface area contributed by atoms with Gasteiger partial charge in [0.1, 0.15) is 12.1 Å². The zero-order chi connectivity index (χ0) is 16.9. The molecule has 6 heteroatoms. The Balaban J connectivity index is 1.61. The van der Waals surface area contributed by atoms with Crippen LogP contribution in [-0.2, 0) is 0 Å². The maximum atomic E-state index is 10.6. The first-order chi connectivity index (χ1) is 11.7. The summed E-state index contributed by atoms with van der Waals surface area (Å²) in [4.78, 5) is 10.7. The van der Waals surface area contributed by atoms with Gasteiger partial charge in [0.15, 0.2) is 0 Å². The zero-order valence-electron chi connectivity index (χ0n) is 13.7. The fourth-order valence-electron chi connectivity index (χ4n) is 3.11. The monoisotopic (exact) mass is 347 g/mol. The molecule has 0 saturated carbocycles. The lowest BCUT2D eigenvalue weighted by Gasteiger charge is -2.35. The minimum absolute atomic E-state index is 0.246. The number of halogens is 1. The second-order valence-electron chi connectivity index (χ2n) is 5.97. The van der Waals surface area contributed by atoms with E-state index in [1.165, 1.54) is 6.33 Å². The van der Waals surface area contributed by atoms with Crippen LogP contribution >= 0.6 is 11.6 Å². The number of benzene rings is 1. The average molecular weight is 348 g/mol. The number of hydrogen-bond acceptors (Lipinski definition) is 5. The summed E-state index contributed by atoms with van der Waals surface area (Å²) in [6, 6.07) is 9.33. The van der Waals surface area contributed by atoms with E-state index in [1.807, 2.05) is 37.3 Å². The van der Waals surface area contributed by atoms with Crippen molar-refractivity contribution in [2.45, 2.75) is 25.9 Å². The molecular weight excluding hydrogens is 326 g/mol. The Morgan fingerprint density at radius 3 is 2.62 bits per heavy atom. The Kier molecular flexibility index (Phi) is 5.53. The number of aliphatic hydroxyl groups is 1. The van der Waals surface area contributed by atoms with Gasteiger partial charge in [0, 0.05) is 24.2 Å². The number of aromatic nitrogens is 2. The molecule has 1 aliphatic heterocycles. The molecule has 0 aliphatic carbocycles. The predicted octanol–water partition coefficient (Wildman–Crippen LogP) is 3.48. The van der Waals surface area contributed by atoms with Crippen LogP contribution < -0.4 is 9.64 Å². The van der Waals surface area contributed by atoms with Crippen molar-refractivity contribution in [2.75, 3.05) is 24.6 Å². The Hall–Kier alpha value is -1.85. The fourth-order valence-corrected chi connectivity index (χ4v) is 3.23. The van der Waals surface area contributed by atoms with Crippen molar-refractivity contribution in [3.8, 4) is 5.88 Å². The molecule has 1 atom stereocenters. The molecule has 2 heterocycles. The molecule has 0 spiro atoms. The molecule has 0 bridgehead atoms. The first kappa shape index (κ1) is 17.0. The van der Waals surface area contributed by atoms with Crippen LogP contribution in [0.15, 0.2) is 36.7 Å². The number of aliphatic hydroxyl groups excluding tert-OH is 1. The molecular formula is C18H22ClN3O2. The minimum Gasteiger partial charge on any atom is -0.478 e. The van der Waals surface area contributed by atoms with E-state index < -0.39 is 6.10 Å². The van der Waals surface area contributed by atoms with E-state index in [0.717, 1.165) is 37.3 Å². The van der Waals surface area contributed by atoms with Crippen LogP contribution in [0.3, 0.4) is 0 Å². The van der Waals surface area contributed by atoms with Crippen molar-refractivity contribution >= 4 is 17.4 Å². The van der Waals surface area contributed by atoms with Crippen LogP contribution in [0.5, 0.6) is 5.88 Å². The quantitative estimate of drug-likeness (QED) is 0.897. The summed E-state index contributed by atoms with van der Waals surface area (Å²) in [6.07, 6.45) is 2.92. The summed E-state index contributed by atoms with van der Waals surface area (Å²) in [5.74, 6) is 1.73.